The molecule has 4 aliphatic rings. The van der Waals surface area contributed by atoms with E-state index in [1.54, 1.807) is 6.07 Å². The number of aryl methyl sites for hydroxylation is 1. The minimum absolute atomic E-state index is 0.0632. The molecule has 1 amide bonds. The first kappa shape index (κ1) is 32.9. The number of esters is 1. The van der Waals surface area contributed by atoms with Crippen molar-refractivity contribution < 1.29 is 28.0 Å². The van der Waals surface area contributed by atoms with E-state index >= 15 is 0 Å². The summed E-state index contributed by atoms with van der Waals surface area (Å²) in [7, 11) is -1.53. The van der Waals surface area contributed by atoms with Crippen LogP contribution in [-0.4, -0.2) is 67.2 Å². The highest BCUT2D eigenvalue weighted by atomic mass is 35.5. The van der Waals surface area contributed by atoms with Gasteiger partial charge in [0.2, 0.25) is 0 Å². The van der Waals surface area contributed by atoms with Crippen LogP contribution in [0.15, 0.2) is 48.6 Å². The summed E-state index contributed by atoms with van der Waals surface area (Å²) < 4.78 is 34.0. The minimum atomic E-state index is -2.90. The van der Waals surface area contributed by atoms with Gasteiger partial charge in [-0.2, -0.15) is 0 Å². The van der Waals surface area contributed by atoms with Gasteiger partial charge in [0.05, 0.1) is 25.5 Å². The number of allylic oxidation sites excluding steroid dienone is 1. The molecule has 2 aliphatic heterocycles. The Hall–Kier alpha value is -3.01. The highest BCUT2D eigenvalue weighted by Crippen LogP contribution is 2.47. The van der Waals surface area contributed by atoms with Crippen molar-refractivity contribution in [2.45, 2.75) is 63.4 Å². The van der Waals surface area contributed by atoms with Crippen LogP contribution >= 0.6 is 11.6 Å². The molecule has 6 atom stereocenters. The number of hydrogen-bond acceptors (Lipinski definition) is 7. The first-order valence-corrected chi connectivity index (χ1v) is 18.7. The maximum absolute atomic E-state index is 13.6. The SMILES string of the molecule is C=S1(=O)C[C@H](CC)C/C=C/[C@H](OCC(=O)OC)[C@@H]2CC[C@H]2CN2C[C@@]3(CCCc4cc(Cl)ccc43)COc3ccc(cc32)C(=O)N1. The van der Waals surface area contributed by atoms with Gasteiger partial charge in [-0.15, -0.1) is 0 Å². The number of benzene rings is 2. The second kappa shape index (κ2) is 13.6. The van der Waals surface area contributed by atoms with Crippen molar-refractivity contribution in [2.75, 3.05) is 44.1 Å². The predicted octanol–water partition coefficient (Wildman–Crippen LogP) is 5.74. The summed E-state index contributed by atoms with van der Waals surface area (Å²) in [6, 6.07) is 11.7. The van der Waals surface area contributed by atoms with E-state index in [1.807, 2.05) is 18.2 Å². The number of carbonyl (C=O) groups excluding carboxylic acids is 2. The topological polar surface area (TPSA) is 94.2 Å². The number of nitrogens with zero attached hydrogens (tertiary/aromatic N) is 1. The summed E-state index contributed by atoms with van der Waals surface area (Å²) in [6.07, 6.45) is 10.3. The lowest BCUT2D eigenvalue weighted by molar-refractivity contribution is -0.149. The van der Waals surface area contributed by atoms with Crippen LogP contribution in [0.5, 0.6) is 5.75 Å². The Morgan fingerprint density at radius 3 is 2.85 bits per heavy atom. The molecule has 1 saturated carbocycles. The molecule has 2 aromatic rings. The molecule has 1 N–H and O–H groups in total. The minimum Gasteiger partial charge on any atom is -0.490 e. The zero-order valence-electron chi connectivity index (χ0n) is 26.8. The molecule has 248 valence electrons. The second-order valence-electron chi connectivity index (χ2n) is 13.5. The van der Waals surface area contributed by atoms with Crippen LogP contribution in [0.2, 0.25) is 5.02 Å². The molecule has 2 bridgehead atoms. The molecule has 46 heavy (non-hydrogen) atoms. The first-order valence-electron chi connectivity index (χ1n) is 16.4. The number of rotatable bonds is 4. The van der Waals surface area contributed by atoms with Crippen LogP contribution in [0.25, 0.3) is 0 Å². The fourth-order valence-corrected chi connectivity index (χ4v) is 9.61. The fourth-order valence-electron chi connectivity index (χ4n) is 7.75. The van der Waals surface area contributed by atoms with Crippen LogP contribution in [0.3, 0.4) is 0 Å². The molecule has 0 radical (unpaired) electrons. The Balaban J connectivity index is 1.40. The summed E-state index contributed by atoms with van der Waals surface area (Å²) >= 11 is 6.43. The average molecular weight is 669 g/mol. The number of hydrogen-bond donors (Lipinski definition) is 1. The Labute approximate surface area is 277 Å². The number of halogens is 1. The summed E-state index contributed by atoms with van der Waals surface area (Å²) in [6.45, 7) is 3.91. The van der Waals surface area contributed by atoms with E-state index in [0.717, 1.165) is 68.1 Å². The largest absolute Gasteiger partial charge is 0.490 e. The van der Waals surface area contributed by atoms with E-state index in [4.69, 9.17) is 25.8 Å². The zero-order valence-corrected chi connectivity index (χ0v) is 28.4. The molecule has 2 heterocycles. The number of carbonyl (C=O) groups is 2. The quantitative estimate of drug-likeness (QED) is 0.252. The summed E-state index contributed by atoms with van der Waals surface area (Å²) in [5.41, 5.74) is 3.57. The van der Waals surface area contributed by atoms with Crippen molar-refractivity contribution in [2.24, 2.45) is 17.8 Å². The number of methoxy groups -OCH3 is 1. The highest BCUT2D eigenvalue weighted by Gasteiger charge is 2.44. The number of amides is 1. The molecule has 10 heteroatoms. The molecular weight excluding hydrogens is 624 g/mol. The van der Waals surface area contributed by atoms with E-state index < -0.39 is 21.6 Å². The van der Waals surface area contributed by atoms with E-state index in [2.05, 4.69) is 46.7 Å². The van der Waals surface area contributed by atoms with Gasteiger partial charge in [-0.3, -0.25) is 9.52 Å². The smallest absolute Gasteiger partial charge is 0.331 e. The van der Waals surface area contributed by atoms with E-state index in [9.17, 15) is 13.8 Å². The highest BCUT2D eigenvalue weighted by molar-refractivity contribution is 7.99. The number of nitrogens with one attached hydrogen (secondary N) is 1. The van der Waals surface area contributed by atoms with Crippen LogP contribution in [-0.2, 0) is 35.8 Å². The lowest BCUT2D eigenvalue weighted by atomic mass is 9.68. The Morgan fingerprint density at radius 2 is 2.09 bits per heavy atom. The van der Waals surface area contributed by atoms with Gasteiger partial charge in [-0.1, -0.05) is 43.2 Å². The van der Waals surface area contributed by atoms with Crippen molar-refractivity contribution in [1.29, 1.82) is 0 Å². The van der Waals surface area contributed by atoms with E-state index in [1.165, 1.54) is 18.2 Å². The van der Waals surface area contributed by atoms with Crippen LogP contribution in [0.1, 0.15) is 66.9 Å². The summed E-state index contributed by atoms with van der Waals surface area (Å²) in [5, 5.41) is 0.741. The predicted molar refractivity (Wildman–Crippen MR) is 183 cm³/mol. The monoisotopic (exact) mass is 668 g/mol. The molecule has 1 spiro atoms. The van der Waals surface area contributed by atoms with Gasteiger partial charge in [-0.25, -0.2) is 9.00 Å². The third-order valence-electron chi connectivity index (χ3n) is 10.4. The number of anilines is 1. The van der Waals surface area contributed by atoms with Gasteiger partial charge in [0.1, 0.15) is 12.4 Å². The molecule has 8 nitrogen and oxygen atoms in total. The van der Waals surface area contributed by atoms with E-state index in [0.29, 0.717) is 24.5 Å². The van der Waals surface area contributed by atoms with Crippen molar-refractivity contribution in [3.05, 3.63) is 70.3 Å². The normalized spacial score (nSPS) is 31.7. The lowest BCUT2D eigenvalue weighted by Gasteiger charge is -2.46. The maximum atomic E-state index is 13.6. The summed E-state index contributed by atoms with van der Waals surface area (Å²) in [5.74, 6) is 4.71. The van der Waals surface area contributed by atoms with Crippen molar-refractivity contribution in [1.82, 2.24) is 4.72 Å². The Bertz CT molecular complexity index is 1610. The second-order valence-corrected chi connectivity index (χ2v) is 16.1. The average Bonchev–Trinajstić information content (AvgIpc) is 3.17. The molecule has 0 aromatic heterocycles. The molecule has 6 rings (SSSR count). The van der Waals surface area contributed by atoms with E-state index in [-0.39, 0.29) is 35.7 Å². The van der Waals surface area contributed by atoms with Crippen LogP contribution < -0.4 is 14.4 Å². The van der Waals surface area contributed by atoms with Crippen molar-refractivity contribution in [3.8, 4) is 5.75 Å². The Kier molecular flexibility index (Phi) is 9.74. The van der Waals surface area contributed by atoms with Crippen molar-refractivity contribution in [3.63, 3.8) is 0 Å². The summed E-state index contributed by atoms with van der Waals surface area (Å²) in [4.78, 5) is 28.0. The number of fused-ring (bicyclic) bond motifs is 4. The van der Waals surface area contributed by atoms with Gasteiger partial charge in [-0.05, 0) is 104 Å². The van der Waals surface area contributed by atoms with Crippen LogP contribution in [0, 0.1) is 17.8 Å². The van der Waals surface area contributed by atoms with Gasteiger partial charge >= 0.3 is 5.97 Å². The van der Waals surface area contributed by atoms with Crippen LogP contribution in [0.4, 0.5) is 5.69 Å². The first-order chi connectivity index (χ1) is 22.1. The number of ether oxygens (including phenoxy) is 3. The molecule has 1 fully saturated rings. The fraction of sp³-hybridized carbons (Fsp3) is 0.528. The van der Waals surface area contributed by atoms with Gasteiger partial charge < -0.3 is 19.1 Å². The molecule has 2 aliphatic carbocycles. The third-order valence-corrected chi connectivity index (χ3v) is 12.2. The zero-order chi connectivity index (χ0) is 32.5. The Morgan fingerprint density at radius 1 is 1.24 bits per heavy atom. The standard InChI is InChI=1S/C36H45ClN2O6S/c1-4-24-7-5-9-32(44-20-34(40)43-2)29-13-10-27(29)19-39-22-36(16-6-8-25-17-28(37)12-14-30(25)36)23-45-33-15-11-26(18-31(33)39)35(41)38-46(3,42)21-24/h5,9,11-12,14-15,17-18,24,27,29,32H,3-4,6-8,10,13,16,19-23H2,1-2H3,(H,38,41,42)/b9-5+/t24-,27+,29-,32+,36+,46?/m1/s1. The van der Waals surface area contributed by atoms with Crippen molar-refractivity contribution >= 4 is 44.7 Å². The molecule has 2 aromatic carbocycles. The van der Waals surface area contributed by atoms with Gasteiger partial charge in [0.15, 0.2) is 0 Å². The maximum Gasteiger partial charge on any atom is 0.331 e. The molecule has 0 saturated heterocycles. The van der Waals surface area contributed by atoms with Gasteiger partial charge in [0, 0.05) is 44.6 Å². The lowest BCUT2D eigenvalue weighted by Crippen LogP contribution is -2.49. The third kappa shape index (κ3) is 6.97. The molecular formula is C36H45ClN2O6S. The van der Waals surface area contributed by atoms with Gasteiger partial charge in [0.25, 0.3) is 5.91 Å². The molecule has 1 unspecified atom stereocenters.